The highest BCUT2D eigenvalue weighted by molar-refractivity contribution is 8.00. The van der Waals surface area contributed by atoms with E-state index in [0.29, 0.717) is 6.73 Å². The smallest absolute Gasteiger partial charge is 0.150 e. The van der Waals surface area contributed by atoms with Crippen LogP contribution in [0.2, 0.25) is 0 Å². The number of ether oxygens (including phenoxy) is 1. The second kappa shape index (κ2) is 4.68. The number of aryl methyl sites for hydroxylation is 1. The van der Waals surface area contributed by atoms with Gasteiger partial charge in [0.1, 0.15) is 13.0 Å². The maximum Gasteiger partial charge on any atom is 0.150 e. The third-order valence-electron chi connectivity index (χ3n) is 2.35. The van der Waals surface area contributed by atoms with Gasteiger partial charge in [-0.25, -0.2) is 0 Å². The fourth-order valence-electron chi connectivity index (χ4n) is 1.49. The SMILES string of the molecule is Cc1cc(N2COCCS2)ccc1C=O. The zero-order valence-electron chi connectivity index (χ0n) is 8.60. The van der Waals surface area contributed by atoms with Crippen molar-refractivity contribution in [2.24, 2.45) is 0 Å². The molecule has 1 aromatic rings. The zero-order chi connectivity index (χ0) is 10.7. The van der Waals surface area contributed by atoms with Crippen LogP contribution >= 0.6 is 11.9 Å². The second-order valence-electron chi connectivity index (χ2n) is 3.41. The number of rotatable bonds is 2. The van der Waals surface area contributed by atoms with Crippen molar-refractivity contribution in [1.29, 1.82) is 0 Å². The van der Waals surface area contributed by atoms with Crippen LogP contribution in [0.1, 0.15) is 15.9 Å². The predicted octanol–water partition coefficient (Wildman–Crippen LogP) is 2.25. The standard InChI is InChI=1S/C11H13NO2S/c1-9-6-11(3-2-10(9)7-13)12-8-14-4-5-15-12/h2-3,6-7H,4-5,8H2,1H3. The highest BCUT2D eigenvalue weighted by atomic mass is 32.2. The Kier molecular flexibility index (Phi) is 3.28. The third kappa shape index (κ3) is 2.33. The predicted molar refractivity (Wildman–Crippen MR) is 62.3 cm³/mol. The lowest BCUT2D eigenvalue weighted by Gasteiger charge is -2.27. The number of nitrogens with zero attached hydrogens (tertiary/aromatic N) is 1. The van der Waals surface area contributed by atoms with E-state index in [4.69, 9.17) is 4.74 Å². The number of carbonyl (C=O) groups is 1. The van der Waals surface area contributed by atoms with Gasteiger partial charge in [0.05, 0.1) is 6.61 Å². The van der Waals surface area contributed by atoms with E-state index in [1.807, 2.05) is 25.1 Å². The van der Waals surface area contributed by atoms with Gasteiger partial charge in [0, 0.05) is 17.0 Å². The molecule has 1 aromatic carbocycles. The molecule has 0 aromatic heterocycles. The fraction of sp³-hybridized carbons (Fsp3) is 0.364. The Balaban J connectivity index is 2.21. The van der Waals surface area contributed by atoms with E-state index in [1.54, 1.807) is 11.9 Å². The van der Waals surface area contributed by atoms with Crippen LogP contribution in [0, 0.1) is 6.92 Å². The number of benzene rings is 1. The maximum absolute atomic E-state index is 10.7. The molecule has 0 N–H and O–H groups in total. The summed E-state index contributed by atoms with van der Waals surface area (Å²) >= 11 is 1.76. The van der Waals surface area contributed by atoms with Crippen LogP contribution in [0.25, 0.3) is 0 Å². The molecule has 1 heterocycles. The van der Waals surface area contributed by atoms with Gasteiger partial charge in [-0.05, 0) is 42.6 Å². The fourth-order valence-corrected chi connectivity index (χ4v) is 2.31. The van der Waals surface area contributed by atoms with Gasteiger partial charge in [-0.3, -0.25) is 9.10 Å². The minimum absolute atomic E-state index is 0.616. The Morgan fingerprint density at radius 1 is 1.53 bits per heavy atom. The Morgan fingerprint density at radius 2 is 2.40 bits per heavy atom. The Labute approximate surface area is 93.5 Å². The van der Waals surface area contributed by atoms with E-state index >= 15 is 0 Å². The van der Waals surface area contributed by atoms with E-state index in [0.717, 1.165) is 35.5 Å². The highest BCUT2D eigenvalue weighted by Gasteiger charge is 2.12. The number of aldehydes is 1. The van der Waals surface area contributed by atoms with E-state index in [2.05, 4.69) is 4.31 Å². The lowest BCUT2D eigenvalue weighted by atomic mass is 10.1. The first-order valence-corrected chi connectivity index (χ1v) is 5.79. The summed E-state index contributed by atoms with van der Waals surface area (Å²) in [7, 11) is 0. The van der Waals surface area contributed by atoms with Crippen molar-refractivity contribution in [2.45, 2.75) is 6.92 Å². The first-order chi connectivity index (χ1) is 7.31. The average Bonchev–Trinajstić information content (AvgIpc) is 2.30. The molecule has 0 bridgehead atoms. The van der Waals surface area contributed by atoms with E-state index in [9.17, 15) is 4.79 Å². The largest absolute Gasteiger partial charge is 0.359 e. The minimum Gasteiger partial charge on any atom is -0.359 e. The highest BCUT2D eigenvalue weighted by Crippen LogP contribution is 2.26. The van der Waals surface area contributed by atoms with Crippen LogP contribution in [0.15, 0.2) is 18.2 Å². The van der Waals surface area contributed by atoms with E-state index < -0.39 is 0 Å². The van der Waals surface area contributed by atoms with Crippen LogP contribution in [0.3, 0.4) is 0 Å². The number of anilines is 1. The van der Waals surface area contributed by atoms with Crippen molar-refractivity contribution >= 4 is 23.9 Å². The molecule has 0 atom stereocenters. The van der Waals surface area contributed by atoms with Crippen molar-refractivity contribution in [3.05, 3.63) is 29.3 Å². The molecule has 15 heavy (non-hydrogen) atoms. The molecular formula is C11H13NO2S. The quantitative estimate of drug-likeness (QED) is 0.568. The van der Waals surface area contributed by atoms with E-state index in [1.165, 1.54) is 0 Å². The minimum atomic E-state index is 0.616. The molecule has 0 unspecified atom stereocenters. The number of carbonyl (C=O) groups excluding carboxylic acids is 1. The topological polar surface area (TPSA) is 29.5 Å². The van der Waals surface area contributed by atoms with Crippen LogP contribution < -0.4 is 4.31 Å². The Hall–Kier alpha value is -1.00. The van der Waals surface area contributed by atoms with Gasteiger partial charge in [0.15, 0.2) is 0 Å². The Morgan fingerprint density at radius 3 is 3.00 bits per heavy atom. The monoisotopic (exact) mass is 223 g/mol. The van der Waals surface area contributed by atoms with Crippen molar-refractivity contribution in [3.8, 4) is 0 Å². The lowest BCUT2D eigenvalue weighted by Crippen LogP contribution is -2.25. The first-order valence-electron chi connectivity index (χ1n) is 4.85. The van der Waals surface area contributed by atoms with Crippen molar-refractivity contribution < 1.29 is 9.53 Å². The molecule has 2 rings (SSSR count). The molecule has 0 radical (unpaired) electrons. The molecule has 0 amide bonds. The number of hydrogen-bond donors (Lipinski definition) is 0. The molecule has 3 nitrogen and oxygen atoms in total. The van der Waals surface area contributed by atoms with Gasteiger partial charge >= 0.3 is 0 Å². The molecule has 80 valence electrons. The summed E-state index contributed by atoms with van der Waals surface area (Å²) in [6.45, 7) is 3.37. The van der Waals surface area contributed by atoms with Gasteiger partial charge < -0.3 is 4.74 Å². The van der Waals surface area contributed by atoms with Crippen LogP contribution in [0.5, 0.6) is 0 Å². The molecule has 0 aliphatic carbocycles. The molecule has 0 saturated carbocycles. The van der Waals surface area contributed by atoms with Gasteiger partial charge in [-0.15, -0.1) is 0 Å². The summed E-state index contributed by atoms with van der Waals surface area (Å²) in [5, 5.41) is 0. The first kappa shape index (κ1) is 10.5. The van der Waals surface area contributed by atoms with Crippen LogP contribution in [0.4, 0.5) is 5.69 Å². The van der Waals surface area contributed by atoms with Crippen molar-refractivity contribution in [3.63, 3.8) is 0 Å². The molecule has 4 heteroatoms. The molecule has 1 aliphatic heterocycles. The molecule has 1 saturated heterocycles. The Bertz CT molecular complexity index is 362. The molecule has 1 fully saturated rings. The normalized spacial score (nSPS) is 16.5. The summed E-state index contributed by atoms with van der Waals surface area (Å²) in [5.74, 6) is 0.981. The maximum atomic E-state index is 10.7. The molecule has 1 aliphatic rings. The van der Waals surface area contributed by atoms with Gasteiger partial charge in [-0.2, -0.15) is 0 Å². The summed E-state index contributed by atoms with van der Waals surface area (Å²) in [5.41, 5.74) is 2.86. The van der Waals surface area contributed by atoms with Crippen LogP contribution in [-0.2, 0) is 4.74 Å². The average molecular weight is 223 g/mol. The van der Waals surface area contributed by atoms with Gasteiger partial charge in [-0.1, -0.05) is 0 Å². The summed E-state index contributed by atoms with van der Waals surface area (Å²) in [6, 6.07) is 5.83. The van der Waals surface area contributed by atoms with Crippen molar-refractivity contribution in [1.82, 2.24) is 0 Å². The summed E-state index contributed by atoms with van der Waals surface area (Å²) in [6.07, 6.45) is 0.888. The lowest BCUT2D eigenvalue weighted by molar-refractivity contribution is 0.112. The zero-order valence-corrected chi connectivity index (χ0v) is 9.42. The van der Waals surface area contributed by atoms with Gasteiger partial charge in [0.2, 0.25) is 0 Å². The second-order valence-corrected chi connectivity index (χ2v) is 4.52. The summed E-state index contributed by atoms with van der Waals surface area (Å²) < 4.78 is 7.47. The molecule has 0 spiro atoms. The van der Waals surface area contributed by atoms with Crippen molar-refractivity contribution in [2.75, 3.05) is 23.4 Å². The third-order valence-corrected chi connectivity index (χ3v) is 3.33. The van der Waals surface area contributed by atoms with Gasteiger partial charge in [0.25, 0.3) is 0 Å². The number of hydrogen-bond acceptors (Lipinski definition) is 4. The molecular weight excluding hydrogens is 210 g/mol. The summed E-state index contributed by atoms with van der Waals surface area (Å²) in [4.78, 5) is 10.7. The van der Waals surface area contributed by atoms with Crippen LogP contribution in [-0.4, -0.2) is 25.4 Å². The van der Waals surface area contributed by atoms with E-state index in [-0.39, 0.29) is 0 Å².